The Bertz CT molecular complexity index is 1600. The standard InChI is InChI=1S/C29H32F3N5O3/c1-28(2,3)37(27(39)40)20-9-7-13-35(16-20)26(38)19-11-12-23-21(14-19)33-25(34(23)4)24-15-18-8-5-6-10-22(18)36(24)17-29(30,31)32/h5-6,8,10-12,14-15,20H,7,9,13,16-17H2,1-4H3,(H,39,40)/t20-/m1/s1. The molecule has 0 saturated carbocycles. The molecule has 5 rings (SSSR count). The number of amides is 2. The number of rotatable bonds is 4. The van der Waals surface area contributed by atoms with E-state index >= 15 is 0 Å². The minimum atomic E-state index is -4.42. The number of piperidine rings is 1. The number of nitrogens with zero attached hydrogens (tertiary/aromatic N) is 5. The summed E-state index contributed by atoms with van der Waals surface area (Å²) in [5.74, 6) is 0.129. The number of alkyl halides is 3. The quantitative estimate of drug-likeness (QED) is 0.328. The summed E-state index contributed by atoms with van der Waals surface area (Å²) >= 11 is 0. The van der Waals surface area contributed by atoms with Gasteiger partial charge in [0.2, 0.25) is 0 Å². The van der Waals surface area contributed by atoms with Crippen molar-refractivity contribution in [1.29, 1.82) is 0 Å². The molecule has 1 N–H and O–H groups in total. The topological polar surface area (TPSA) is 83.6 Å². The van der Waals surface area contributed by atoms with Gasteiger partial charge < -0.3 is 19.1 Å². The van der Waals surface area contributed by atoms with Crippen LogP contribution in [0.4, 0.5) is 18.0 Å². The average Bonchev–Trinajstić information content (AvgIpc) is 3.38. The zero-order chi connectivity index (χ0) is 29.0. The molecule has 0 spiro atoms. The number of carboxylic acid groups (broad SMARTS) is 1. The summed E-state index contributed by atoms with van der Waals surface area (Å²) < 4.78 is 43.5. The van der Waals surface area contributed by atoms with E-state index in [1.807, 2.05) is 20.8 Å². The predicted molar refractivity (Wildman–Crippen MR) is 146 cm³/mol. The Morgan fingerprint density at radius 1 is 1.07 bits per heavy atom. The Morgan fingerprint density at radius 3 is 2.48 bits per heavy atom. The van der Waals surface area contributed by atoms with Crippen LogP contribution in [0.15, 0.2) is 48.5 Å². The van der Waals surface area contributed by atoms with Gasteiger partial charge in [-0.25, -0.2) is 9.78 Å². The molecule has 2 aromatic heterocycles. The van der Waals surface area contributed by atoms with Crippen LogP contribution in [-0.2, 0) is 13.6 Å². The van der Waals surface area contributed by atoms with E-state index in [1.165, 1.54) is 9.47 Å². The van der Waals surface area contributed by atoms with Gasteiger partial charge in [-0.15, -0.1) is 0 Å². The van der Waals surface area contributed by atoms with E-state index in [0.29, 0.717) is 58.4 Å². The normalized spacial score (nSPS) is 16.6. The maximum Gasteiger partial charge on any atom is 0.408 e. The minimum Gasteiger partial charge on any atom is -0.465 e. The molecule has 1 aliphatic heterocycles. The van der Waals surface area contributed by atoms with Crippen molar-refractivity contribution in [2.75, 3.05) is 13.1 Å². The lowest BCUT2D eigenvalue weighted by Crippen LogP contribution is -2.57. The summed E-state index contributed by atoms with van der Waals surface area (Å²) in [7, 11) is 1.74. The Balaban J connectivity index is 1.49. The number of likely N-dealkylation sites (tertiary alicyclic amines) is 1. The molecule has 3 heterocycles. The molecule has 1 saturated heterocycles. The first-order chi connectivity index (χ1) is 18.7. The molecular formula is C29H32F3N5O3. The molecule has 0 aliphatic carbocycles. The molecule has 40 heavy (non-hydrogen) atoms. The molecule has 8 nitrogen and oxygen atoms in total. The van der Waals surface area contributed by atoms with Gasteiger partial charge in [-0.2, -0.15) is 13.2 Å². The molecule has 11 heteroatoms. The Morgan fingerprint density at radius 2 is 1.80 bits per heavy atom. The van der Waals surface area contributed by atoms with Gasteiger partial charge in [-0.05, 0) is 63.9 Å². The van der Waals surface area contributed by atoms with Gasteiger partial charge in [0.25, 0.3) is 5.91 Å². The summed E-state index contributed by atoms with van der Waals surface area (Å²) in [6.07, 6.45) is -4.09. The van der Waals surface area contributed by atoms with E-state index in [-0.39, 0.29) is 18.5 Å². The maximum atomic E-state index is 13.5. The summed E-state index contributed by atoms with van der Waals surface area (Å²) in [5.41, 5.74) is 1.74. The number of aromatic nitrogens is 3. The SMILES string of the molecule is Cn1c(-c2cc3ccccc3n2CC(F)(F)F)nc2cc(C(=O)N3CCC[C@@H](N(C(=O)O)C(C)(C)C)C3)ccc21. The van der Waals surface area contributed by atoms with Gasteiger partial charge in [0.05, 0.1) is 22.8 Å². The van der Waals surface area contributed by atoms with Gasteiger partial charge in [0, 0.05) is 42.1 Å². The van der Waals surface area contributed by atoms with Crippen molar-refractivity contribution in [2.45, 2.75) is 57.9 Å². The number of benzene rings is 2. The molecule has 2 aromatic carbocycles. The molecule has 1 aliphatic rings. The lowest BCUT2D eigenvalue weighted by atomic mass is 9.97. The van der Waals surface area contributed by atoms with Crippen LogP contribution in [0.2, 0.25) is 0 Å². The highest BCUT2D eigenvalue weighted by atomic mass is 19.4. The van der Waals surface area contributed by atoms with Crippen LogP contribution in [0.25, 0.3) is 33.5 Å². The molecular weight excluding hydrogens is 523 g/mol. The fourth-order valence-electron chi connectivity index (χ4n) is 5.83. The first-order valence-electron chi connectivity index (χ1n) is 13.2. The van der Waals surface area contributed by atoms with Crippen molar-refractivity contribution in [3.8, 4) is 11.5 Å². The number of carbonyl (C=O) groups is 2. The van der Waals surface area contributed by atoms with Crippen LogP contribution < -0.4 is 0 Å². The van der Waals surface area contributed by atoms with E-state index in [1.54, 1.807) is 65.0 Å². The number of hydrogen-bond acceptors (Lipinski definition) is 3. The van der Waals surface area contributed by atoms with Crippen LogP contribution in [0, 0.1) is 0 Å². The van der Waals surface area contributed by atoms with Crippen molar-refractivity contribution in [3.63, 3.8) is 0 Å². The van der Waals surface area contributed by atoms with Crippen molar-refractivity contribution in [1.82, 2.24) is 23.9 Å². The highest BCUT2D eigenvalue weighted by Crippen LogP contribution is 2.33. The molecule has 0 bridgehead atoms. The van der Waals surface area contributed by atoms with Crippen LogP contribution >= 0.6 is 0 Å². The molecule has 2 amide bonds. The highest BCUT2D eigenvalue weighted by Gasteiger charge is 2.37. The predicted octanol–water partition coefficient (Wildman–Crippen LogP) is 6.14. The molecule has 212 valence electrons. The smallest absolute Gasteiger partial charge is 0.408 e. The zero-order valence-corrected chi connectivity index (χ0v) is 22.9. The third-order valence-corrected chi connectivity index (χ3v) is 7.48. The van der Waals surface area contributed by atoms with Crippen LogP contribution in [0.1, 0.15) is 44.0 Å². The average molecular weight is 556 g/mol. The van der Waals surface area contributed by atoms with Crippen LogP contribution in [0.3, 0.4) is 0 Å². The van der Waals surface area contributed by atoms with E-state index in [0.717, 1.165) is 0 Å². The number of fused-ring (bicyclic) bond motifs is 2. The first-order valence-corrected chi connectivity index (χ1v) is 13.2. The summed E-state index contributed by atoms with van der Waals surface area (Å²) in [6, 6.07) is 13.4. The second-order valence-electron chi connectivity index (χ2n) is 11.4. The number of aryl methyl sites for hydroxylation is 1. The fourth-order valence-corrected chi connectivity index (χ4v) is 5.83. The van der Waals surface area contributed by atoms with Gasteiger partial charge in [0.15, 0.2) is 5.82 Å². The second-order valence-corrected chi connectivity index (χ2v) is 11.4. The lowest BCUT2D eigenvalue weighted by Gasteiger charge is -2.44. The second kappa shape index (κ2) is 9.87. The third-order valence-electron chi connectivity index (χ3n) is 7.48. The number of imidazole rings is 1. The lowest BCUT2D eigenvalue weighted by molar-refractivity contribution is -0.139. The highest BCUT2D eigenvalue weighted by molar-refractivity contribution is 5.98. The maximum absolute atomic E-state index is 13.5. The third kappa shape index (κ3) is 5.12. The zero-order valence-electron chi connectivity index (χ0n) is 22.9. The number of hydrogen-bond donors (Lipinski definition) is 1. The van der Waals surface area contributed by atoms with E-state index in [4.69, 9.17) is 0 Å². The molecule has 0 unspecified atom stereocenters. The van der Waals surface area contributed by atoms with Crippen LogP contribution in [0.5, 0.6) is 0 Å². The van der Waals surface area contributed by atoms with Gasteiger partial charge in [0.1, 0.15) is 6.54 Å². The minimum absolute atomic E-state index is 0.232. The Labute approximate surface area is 229 Å². The fraction of sp³-hybridized carbons (Fsp3) is 0.414. The van der Waals surface area contributed by atoms with E-state index in [2.05, 4.69) is 4.98 Å². The number of halogens is 3. The van der Waals surface area contributed by atoms with Crippen molar-refractivity contribution in [2.24, 2.45) is 7.05 Å². The Kier molecular flexibility index (Phi) is 6.79. The van der Waals surface area contributed by atoms with Crippen molar-refractivity contribution >= 4 is 33.9 Å². The van der Waals surface area contributed by atoms with Crippen LogP contribution in [-0.4, -0.2) is 71.9 Å². The molecule has 1 fully saturated rings. The molecule has 0 radical (unpaired) electrons. The monoisotopic (exact) mass is 555 g/mol. The van der Waals surface area contributed by atoms with Gasteiger partial charge >= 0.3 is 12.3 Å². The Hall–Kier alpha value is -4.02. The van der Waals surface area contributed by atoms with E-state index in [9.17, 15) is 27.9 Å². The van der Waals surface area contributed by atoms with Gasteiger partial charge in [-0.3, -0.25) is 9.69 Å². The summed E-state index contributed by atoms with van der Waals surface area (Å²) in [4.78, 5) is 33.3. The number of carbonyl (C=O) groups excluding carboxylic acids is 1. The molecule has 1 atom stereocenters. The van der Waals surface area contributed by atoms with Crippen molar-refractivity contribution in [3.05, 3.63) is 54.1 Å². The van der Waals surface area contributed by atoms with E-state index < -0.39 is 24.4 Å². The summed E-state index contributed by atoms with van der Waals surface area (Å²) in [5, 5.41) is 10.5. The van der Waals surface area contributed by atoms with Crippen molar-refractivity contribution < 1.29 is 27.9 Å². The van der Waals surface area contributed by atoms with Gasteiger partial charge in [-0.1, -0.05) is 18.2 Å². The number of para-hydroxylation sites is 1. The summed E-state index contributed by atoms with van der Waals surface area (Å²) in [6.45, 7) is 5.15. The largest absolute Gasteiger partial charge is 0.465 e. The first kappa shape index (κ1) is 27.5. The molecule has 4 aromatic rings.